The molecule has 0 heterocycles. The van der Waals surface area contributed by atoms with Gasteiger partial charge in [-0.3, -0.25) is 4.79 Å². The first-order chi connectivity index (χ1) is 7.15. The van der Waals surface area contributed by atoms with E-state index in [2.05, 4.69) is 6.92 Å². The smallest absolute Gasteiger partial charge is 0.239 e. The van der Waals surface area contributed by atoms with Crippen LogP contribution < -0.4 is 5.73 Å². The van der Waals surface area contributed by atoms with Gasteiger partial charge in [-0.2, -0.15) is 0 Å². The van der Waals surface area contributed by atoms with Crippen LogP contribution in [0.2, 0.25) is 0 Å². The van der Waals surface area contributed by atoms with Crippen LogP contribution in [0.5, 0.6) is 0 Å². The third-order valence-electron chi connectivity index (χ3n) is 3.30. The van der Waals surface area contributed by atoms with Crippen LogP contribution in [0.4, 0.5) is 0 Å². The SMILES string of the molecule is CCC[C@@H](N)C(=O)N(C)CC1CCCC1. The third-order valence-corrected chi connectivity index (χ3v) is 3.30. The Morgan fingerprint density at radius 1 is 1.47 bits per heavy atom. The maximum absolute atomic E-state index is 11.8. The fourth-order valence-electron chi connectivity index (χ4n) is 2.39. The molecule has 0 aromatic rings. The summed E-state index contributed by atoms with van der Waals surface area (Å²) < 4.78 is 0. The average Bonchev–Trinajstić information content (AvgIpc) is 2.69. The summed E-state index contributed by atoms with van der Waals surface area (Å²) in [6.45, 7) is 2.96. The van der Waals surface area contributed by atoms with Crippen LogP contribution in [-0.2, 0) is 4.79 Å². The van der Waals surface area contributed by atoms with Crippen molar-refractivity contribution in [1.82, 2.24) is 4.90 Å². The number of amides is 1. The van der Waals surface area contributed by atoms with E-state index in [1.807, 2.05) is 11.9 Å². The molecule has 1 amide bonds. The van der Waals surface area contributed by atoms with Crippen LogP contribution in [0.25, 0.3) is 0 Å². The van der Waals surface area contributed by atoms with Crippen LogP contribution in [0.1, 0.15) is 45.4 Å². The summed E-state index contributed by atoms with van der Waals surface area (Å²) in [5, 5.41) is 0. The molecule has 0 aliphatic heterocycles. The number of rotatable bonds is 5. The molecule has 88 valence electrons. The zero-order valence-electron chi connectivity index (χ0n) is 10.0. The lowest BCUT2D eigenvalue weighted by molar-refractivity contribution is -0.132. The molecular weight excluding hydrogens is 188 g/mol. The van der Waals surface area contributed by atoms with Gasteiger partial charge in [0, 0.05) is 13.6 Å². The van der Waals surface area contributed by atoms with Crippen molar-refractivity contribution in [1.29, 1.82) is 0 Å². The van der Waals surface area contributed by atoms with Gasteiger partial charge < -0.3 is 10.6 Å². The molecule has 0 bridgehead atoms. The van der Waals surface area contributed by atoms with Crippen molar-refractivity contribution in [2.75, 3.05) is 13.6 Å². The molecule has 0 saturated heterocycles. The van der Waals surface area contributed by atoms with E-state index in [0.717, 1.165) is 19.4 Å². The normalized spacial score (nSPS) is 19.1. The maximum atomic E-state index is 11.8. The molecule has 1 rings (SSSR count). The zero-order valence-corrected chi connectivity index (χ0v) is 10.0. The van der Waals surface area contributed by atoms with E-state index in [1.54, 1.807) is 0 Å². The first-order valence-corrected chi connectivity index (χ1v) is 6.15. The first-order valence-electron chi connectivity index (χ1n) is 6.15. The summed E-state index contributed by atoms with van der Waals surface area (Å²) in [7, 11) is 1.89. The van der Waals surface area contributed by atoms with E-state index >= 15 is 0 Å². The second kappa shape index (κ2) is 6.11. The largest absolute Gasteiger partial charge is 0.344 e. The maximum Gasteiger partial charge on any atom is 0.239 e. The lowest BCUT2D eigenvalue weighted by Crippen LogP contribution is -2.43. The highest BCUT2D eigenvalue weighted by atomic mass is 16.2. The summed E-state index contributed by atoms with van der Waals surface area (Å²) in [4.78, 5) is 13.7. The predicted octanol–water partition coefficient (Wildman–Crippen LogP) is 1.76. The number of nitrogens with zero attached hydrogens (tertiary/aromatic N) is 1. The van der Waals surface area contributed by atoms with Crippen molar-refractivity contribution in [3.8, 4) is 0 Å². The second-order valence-corrected chi connectivity index (χ2v) is 4.76. The van der Waals surface area contributed by atoms with E-state index in [4.69, 9.17) is 5.73 Å². The van der Waals surface area contributed by atoms with Gasteiger partial charge in [0.25, 0.3) is 0 Å². The molecule has 0 spiro atoms. The molecule has 0 unspecified atom stereocenters. The minimum Gasteiger partial charge on any atom is -0.344 e. The van der Waals surface area contributed by atoms with E-state index in [9.17, 15) is 4.79 Å². The molecular formula is C12H24N2O. The van der Waals surface area contributed by atoms with Crippen LogP contribution in [0.3, 0.4) is 0 Å². The molecule has 0 aromatic heterocycles. The Bertz CT molecular complexity index is 200. The fraction of sp³-hybridized carbons (Fsp3) is 0.917. The Morgan fingerprint density at radius 3 is 2.60 bits per heavy atom. The lowest BCUT2D eigenvalue weighted by Gasteiger charge is -2.24. The standard InChI is InChI=1S/C12H24N2O/c1-3-6-11(13)12(15)14(2)9-10-7-4-5-8-10/h10-11H,3-9,13H2,1-2H3/t11-/m1/s1. The Morgan fingerprint density at radius 2 is 2.07 bits per heavy atom. The molecule has 15 heavy (non-hydrogen) atoms. The van der Waals surface area contributed by atoms with Gasteiger partial charge in [0.05, 0.1) is 6.04 Å². The first kappa shape index (κ1) is 12.5. The quantitative estimate of drug-likeness (QED) is 0.755. The highest BCUT2D eigenvalue weighted by molar-refractivity contribution is 5.81. The van der Waals surface area contributed by atoms with E-state index in [1.165, 1.54) is 25.7 Å². The van der Waals surface area contributed by atoms with Gasteiger partial charge in [0.15, 0.2) is 0 Å². The minimum absolute atomic E-state index is 0.115. The van der Waals surface area contributed by atoms with Crippen LogP contribution in [0, 0.1) is 5.92 Å². The van der Waals surface area contributed by atoms with Gasteiger partial charge in [0.1, 0.15) is 0 Å². The molecule has 1 aliphatic rings. The van der Waals surface area contributed by atoms with Crippen molar-refractivity contribution in [2.45, 2.75) is 51.5 Å². The summed E-state index contributed by atoms with van der Waals surface area (Å²) in [6.07, 6.45) is 6.99. The number of carbonyl (C=O) groups is 1. The molecule has 1 atom stereocenters. The van der Waals surface area contributed by atoms with Crippen molar-refractivity contribution in [2.24, 2.45) is 11.7 Å². The topological polar surface area (TPSA) is 46.3 Å². The third kappa shape index (κ3) is 3.82. The molecule has 3 heteroatoms. The number of hydrogen-bond acceptors (Lipinski definition) is 2. The van der Waals surface area contributed by atoms with Crippen LogP contribution >= 0.6 is 0 Å². The van der Waals surface area contributed by atoms with Gasteiger partial charge >= 0.3 is 0 Å². The Balaban J connectivity index is 2.31. The molecule has 1 saturated carbocycles. The van der Waals surface area contributed by atoms with E-state index in [0.29, 0.717) is 5.92 Å². The number of hydrogen-bond donors (Lipinski definition) is 1. The molecule has 1 aliphatic carbocycles. The fourth-order valence-corrected chi connectivity index (χ4v) is 2.39. The number of carbonyl (C=O) groups excluding carboxylic acids is 1. The van der Waals surface area contributed by atoms with Crippen molar-refractivity contribution in [3.05, 3.63) is 0 Å². The van der Waals surface area contributed by atoms with Gasteiger partial charge in [-0.15, -0.1) is 0 Å². The highest BCUT2D eigenvalue weighted by Gasteiger charge is 2.22. The van der Waals surface area contributed by atoms with E-state index in [-0.39, 0.29) is 11.9 Å². The average molecular weight is 212 g/mol. The molecule has 0 aromatic carbocycles. The Kier molecular flexibility index (Phi) is 5.09. The molecule has 3 nitrogen and oxygen atoms in total. The molecule has 2 N–H and O–H groups in total. The summed E-state index contributed by atoms with van der Waals surface area (Å²) in [5.41, 5.74) is 5.81. The van der Waals surface area contributed by atoms with Crippen LogP contribution in [-0.4, -0.2) is 30.4 Å². The zero-order chi connectivity index (χ0) is 11.3. The monoisotopic (exact) mass is 212 g/mol. The van der Waals surface area contributed by atoms with Crippen molar-refractivity contribution in [3.63, 3.8) is 0 Å². The minimum atomic E-state index is -0.290. The van der Waals surface area contributed by atoms with Gasteiger partial charge in [-0.25, -0.2) is 0 Å². The Labute approximate surface area is 93.0 Å². The number of likely N-dealkylation sites (N-methyl/N-ethyl adjacent to an activating group) is 1. The number of nitrogens with two attached hydrogens (primary N) is 1. The van der Waals surface area contributed by atoms with Gasteiger partial charge in [-0.1, -0.05) is 26.2 Å². The predicted molar refractivity (Wildman–Crippen MR) is 62.5 cm³/mol. The van der Waals surface area contributed by atoms with E-state index < -0.39 is 0 Å². The summed E-state index contributed by atoms with van der Waals surface area (Å²) >= 11 is 0. The molecule has 0 radical (unpaired) electrons. The Hall–Kier alpha value is -0.570. The highest BCUT2D eigenvalue weighted by Crippen LogP contribution is 2.25. The van der Waals surface area contributed by atoms with Gasteiger partial charge in [-0.05, 0) is 25.2 Å². The lowest BCUT2D eigenvalue weighted by atomic mass is 10.1. The van der Waals surface area contributed by atoms with Gasteiger partial charge in [0.2, 0.25) is 5.91 Å². The summed E-state index contributed by atoms with van der Waals surface area (Å²) in [5.74, 6) is 0.830. The molecule has 1 fully saturated rings. The van der Waals surface area contributed by atoms with Crippen molar-refractivity contribution >= 4 is 5.91 Å². The van der Waals surface area contributed by atoms with Crippen LogP contribution in [0.15, 0.2) is 0 Å². The second-order valence-electron chi connectivity index (χ2n) is 4.76. The van der Waals surface area contributed by atoms with Crippen molar-refractivity contribution < 1.29 is 4.79 Å². The summed E-state index contributed by atoms with van der Waals surface area (Å²) in [6, 6.07) is -0.290.